The molecule has 0 bridgehead atoms. The van der Waals surface area contributed by atoms with Gasteiger partial charge in [-0.05, 0) is 69.6 Å². The van der Waals surface area contributed by atoms with Crippen molar-refractivity contribution >= 4 is 32.1 Å². The lowest BCUT2D eigenvalue weighted by Crippen LogP contribution is -2.37. The zero-order valence-corrected chi connectivity index (χ0v) is 27.9. The molecule has 0 radical (unpaired) electrons. The first-order valence-corrected chi connectivity index (χ1v) is 21.3. The molecule has 0 fully saturated rings. The number of nitrogens with zero attached hydrogens (tertiary/aromatic N) is 2. The number of hydrogen-bond acceptors (Lipinski definition) is 2. The number of halogens is 3. The van der Waals surface area contributed by atoms with Gasteiger partial charge in [-0.15, -0.1) is 13.2 Å². The summed E-state index contributed by atoms with van der Waals surface area (Å²) in [5, 5.41) is 12.4. The highest BCUT2D eigenvalue weighted by molar-refractivity contribution is 6.89. The number of fused-ring (bicyclic) bond motifs is 3. The number of hydrogen-bond donors (Lipinski definition) is 0. The first-order valence-electron chi connectivity index (χ1n) is 14.3. The Bertz CT molecular complexity index is 1880. The first kappa shape index (κ1) is 31.1. The highest BCUT2D eigenvalue weighted by Gasteiger charge is 2.35. The molecular weight excluding hydrogens is 590 g/mol. The topological polar surface area (TPSA) is 37.4 Å². The summed E-state index contributed by atoms with van der Waals surface area (Å²) in [4.78, 5) is 3.46. The number of nitriles is 1. The van der Waals surface area contributed by atoms with Crippen LogP contribution in [0.3, 0.4) is 0 Å². The van der Waals surface area contributed by atoms with E-state index in [-0.39, 0.29) is 11.4 Å². The number of rotatable bonds is 5. The van der Waals surface area contributed by atoms with E-state index in [0.29, 0.717) is 33.4 Å². The maximum absolute atomic E-state index is 13.7. The largest absolute Gasteiger partial charge is 0.573 e. The molecule has 1 aliphatic rings. The Morgan fingerprint density at radius 1 is 0.705 bits per heavy atom. The van der Waals surface area contributed by atoms with Crippen LogP contribution in [0.2, 0.25) is 39.3 Å². The minimum Gasteiger partial charge on any atom is -0.405 e. The van der Waals surface area contributed by atoms with Gasteiger partial charge < -0.3 is 4.74 Å². The van der Waals surface area contributed by atoms with Gasteiger partial charge in [0.05, 0.1) is 28.8 Å². The van der Waals surface area contributed by atoms with E-state index in [0.717, 1.165) is 22.3 Å². The highest BCUT2D eigenvalue weighted by atomic mass is 28.3. The summed E-state index contributed by atoms with van der Waals surface area (Å²) >= 11 is 0. The van der Waals surface area contributed by atoms with Crippen molar-refractivity contribution in [2.24, 2.45) is 0 Å². The van der Waals surface area contributed by atoms with Gasteiger partial charge in [-0.25, -0.2) is 10.1 Å². The maximum Gasteiger partial charge on any atom is 0.573 e. The quantitative estimate of drug-likeness (QED) is 0.111. The van der Waals surface area contributed by atoms with Gasteiger partial charge in [0.1, 0.15) is 5.75 Å². The van der Waals surface area contributed by atoms with Crippen LogP contribution >= 0.6 is 0 Å². The molecule has 0 saturated heterocycles. The fourth-order valence-electron chi connectivity index (χ4n) is 5.73. The maximum atomic E-state index is 13.7. The first-order chi connectivity index (χ1) is 20.5. The molecule has 8 heteroatoms. The predicted molar refractivity (Wildman–Crippen MR) is 178 cm³/mol. The third-order valence-corrected chi connectivity index (χ3v) is 12.2. The fourth-order valence-corrected chi connectivity index (χ4v) is 8.06. The van der Waals surface area contributed by atoms with Crippen molar-refractivity contribution in [2.75, 3.05) is 0 Å². The molecule has 0 unspecified atom stereocenters. The Balaban J connectivity index is 1.78. The molecule has 4 aromatic carbocycles. The Morgan fingerprint density at radius 2 is 1.16 bits per heavy atom. The summed E-state index contributed by atoms with van der Waals surface area (Å²) in [5.74, 6) is -0.372. The molecule has 1 aliphatic carbocycles. The molecule has 5 rings (SSSR count). The number of ether oxygens (including phenoxy) is 1. The molecule has 3 nitrogen and oxygen atoms in total. The van der Waals surface area contributed by atoms with Crippen LogP contribution in [0.1, 0.15) is 16.7 Å². The Labute approximate surface area is 259 Å². The van der Waals surface area contributed by atoms with Crippen LogP contribution in [-0.2, 0) is 0 Å². The van der Waals surface area contributed by atoms with Crippen molar-refractivity contribution in [1.29, 1.82) is 5.26 Å². The molecule has 0 aromatic heterocycles. The predicted octanol–water partition coefficient (Wildman–Crippen LogP) is 9.50. The Morgan fingerprint density at radius 3 is 1.59 bits per heavy atom. The second-order valence-corrected chi connectivity index (χ2v) is 23.4. The van der Waals surface area contributed by atoms with E-state index in [1.54, 1.807) is 6.07 Å². The average molecular weight is 623 g/mol. The van der Waals surface area contributed by atoms with Gasteiger partial charge in [-0.2, -0.15) is 0 Å². The molecule has 0 atom stereocenters. The lowest BCUT2D eigenvalue weighted by molar-refractivity contribution is -0.274. The van der Waals surface area contributed by atoms with Gasteiger partial charge >= 0.3 is 6.36 Å². The van der Waals surface area contributed by atoms with E-state index in [9.17, 15) is 18.4 Å². The van der Waals surface area contributed by atoms with Crippen LogP contribution in [0.15, 0.2) is 78.5 Å². The number of alkyl halides is 3. The van der Waals surface area contributed by atoms with Gasteiger partial charge in [0.15, 0.2) is 0 Å². The van der Waals surface area contributed by atoms with E-state index in [4.69, 9.17) is 6.57 Å². The average Bonchev–Trinajstić information content (AvgIpc) is 3.23. The van der Waals surface area contributed by atoms with Gasteiger partial charge in [0.25, 0.3) is 5.70 Å². The smallest absolute Gasteiger partial charge is 0.405 e. The van der Waals surface area contributed by atoms with Gasteiger partial charge in [0.2, 0.25) is 0 Å². The van der Waals surface area contributed by atoms with Crippen LogP contribution in [0.4, 0.5) is 13.2 Å². The lowest BCUT2D eigenvalue weighted by Gasteiger charge is -2.19. The van der Waals surface area contributed by atoms with E-state index < -0.39 is 22.5 Å². The van der Waals surface area contributed by atoms with Crippen molar-refractivity contribution in [3.05, 3.63) is 107 Å². The number of allylic oxidation sites excluding steroid dienone is 1. The minimum atomic E-state index is -4.93. The molecule has 0 spiro atoms. The van der Waals surface area contributed by atoms with Crippen molar-refractivity contribution in [2.45, 2.75) is 52.6 Å². The molecular formula is C36H33F3N2OSi2. The van der Waals surface area contributed by atoms with Crippen LogP contribution in [0, 0.1) is 24.8 Å². The van der Waals surface area contributed by atoms with Crippen LogP contribution in [-0.4, -0.2) is 22.5 Å². The molecule has 0 amide bonds. The lowest BCUT2D eigenvalue weighted by atomic mass is 9.93. The Hall–Kier alpha value is -4.38. The van der Waals surface area contributed by atoms with Gasteiger partial charge in [-0.3, -0.25) is 0 Å². The van der Waals surface area contributed by atoms with Gasteiger partial charge in [-0.1, -0.05) is 104 Å². The third-order valence-electron chi connectivity index (χ3n) is 8.12. The van der Waals surface area contributed by atoms with Crippen LogP contribution < -0.4 is 15.1 Å². The molecule has 44 heavy (non-hydrogen) atoms. The monoisotopic (exact) mass is 622 g/mol. The standard InChI is InChI=1S/C36H33F3N2OSi2/c1-22-17-31-29(18-27(22)23-9-13-25(14-10-23)43(3,4)5)30-19-28(24-11-15-26(16-12-24)44(6,7)8)34(42-36(37,38)39)20-32(30)35(31)33(21-40)41-2/h9-20H,1,3-8H3/b35-33+. The van der Waals surface area contributed by atoms with E-state index >= 15 is 0 Å². The minimum absolute atomic E-state index is 0.179. The van der Waals surface area contributed by atoms with Gasteiger partial charge in [0, 0.05) is 11.1 Å². The summed E-state index contributed by atoms with van der Waals surface area (Å²) in [7, 11) is -3.13. The summed E-state index contributed by atoms with van der Waals surface area (Å²) in [5.41, 5.74) is 6.41. The third kappa shape index (κ3) is 5.88. The summed E-state index contributed by atoms with van der Waals surface area (Å²) in [6.45, 7) is 23.2. The molecule has 0 heterocycles. The highest BCUT2D eigenvalue weighted by Crippen LogP contribution is 2.51. The molecule has 4 aromatic rings. The van der Waals surface area contributed by atoms with E-state index in [1.165, 1.54) is 16.4 Å². The molecule has 0 N–H and O–H groups in total. The Kier molecular flexibility index (Phi) is 7.74. The van der Waals surface area contributed by atoms with Crippen molar-refractivity contribution in [3.63, 3.8) is 0 Å². The zero-order valence-electron chi connectivity index (χ0n) is 25.9. The van der Waals surface area contributed by atoms with E-state index in [1.807, 2.05) is 49.4 Å². The zero-order chi connectivity index (χ0) is 32.2. The second kappa shape index (κ2) is 11.0. The number of aryl methyl sites for hydroxylation is 1. The fraction of sp³-hybridized carbons (Fsp3) is 0.222. The van der Waals surface area contributed by atoms with Crippen LogP contribution in [0.25, 0.3) is 43.8 Å². The normalized spacial score (nSPS) is 13.9. The molecule has 222 valence electrons. The molecule has 0 saturated carbocycles. The summed E-state index contributed by atoms with van der Waals surface area (Å²) < 4.78 is 45.8. The summed E-state index contributed by atoms with van der Waals surface area (Å²) in [6.07, 6.45) is -4.93. The van der Waals surface area contributed by atoms with Crippen molar-refractivity contribution < 1.29 is 17.9 Å². The van der Waals surface area contributed by atoms with Crippen molar-refractivity contribution in [3.8, 4) is 45.2 Å². The van der Waals surface area contributed by atoms with Crippen molar-refractivity contribution in [1.82, 2.24) is 0 Å². The second-order valence-electron chi connectivity index (χ2n) is 13.3. The summed E-state index contributed by atoms with van der Waals surface area (Å²) in [6, 6.07) is 25.2. The SMILES string of the molecule is [C-]#[N+]/C(C#N)=C1\c2cc(C)c(-c3ccc([Si](C)(C)C)cc3)cc2-c2cc(-c3ccc([Si](C)(C)C)cc3)c(OC(F)(F)F)cc21. The van der Waals surface area contributed by atoms with Crippen LogP contribution in [0.5, 0.6) is 5.75 Å². The number of benzene rings is 4. The molecule has 0 aliphatic heterocycles. The van der Waals surface area contributed by atoms with E-state index in [2.05, 4.69) is 73.1 Å².